The summed E-state index contributed by atoms with van der Waals surface area (Å²) >= 11 is -0.447. The number of hydrogen-bond donors (Lipinski definition) is 10. The van der Waals surface area contributed by atoms with Gasteiger partial charge >= 0.3 is 273 Å². The third-order valence-electron chi connectivity index (χ3n) is 15.3. The van der Waals surface area contributed by atoms with E-state index in [4.69, 9.17) is 33.1 Å². The number of amides is 7. The minimum atomic E-state index is -1.42. The summed E-state index contributed by atoms with van der Waals surface area (Å²) in [5.41, 5.74) is 29.2. The SMILES string of the molecule is CC(C)C[C@H](CC(=O)CNC(=O)[C@H](C[Se]c1ccc2oc(=O)ccc2c1)CC(=O)CNC(=O)CCC(=O)[C@H](Cc1ccccc1)NC(=O)[C@@H](N)CC(C)C)C(=O)N[C@@H](CC(C)C)C(=O)C[C@@H](CCCCN)C(=O)N[C@@H](CC(N)=O)C(=O)C[C@@H](CCCCN)C(N)=O. The Morgan fingerprint density at radius 1 is 0.527 bits per heavy atom. The van der Waals surface area contributed by atoms with Gasteiger partial charge in [-0.2, -0.15) is 0 Å². The molecule has 0 unspecified atom stereocenters. The van der Waals surface area contributed by atoms with Gasteiger partial charge in [-0.05, 0) is 62.6 Å². The zero-order chi connectivity index (χ0) is 67.7. The number of Topliss-reactive ketones (excluding diaryl/α,β-unsaturated/α-hetero) is 5. The summed E-state index contributed by atoms with van der Waals surface area (Å²) < 4.78 is 6.08. The molecule has 502 valence electrons. The molecule has 0 fully saturated rings. The summed E-state index contributed by atoms with van der Waals surface area (Å²) in [5.74, 6) is -11.3. The number of ketones is 5. The second-order valence-electron chi connectivity index (χ2n) is 24.9. The van der Waals surface area contributed by atoms with Crippen molar-refractivity contribution in [1.29, 1.82) is 0 Å². The number of primary amides is 2. The molecule has 1 aromatic heterocycles. The van der Waals surface area contributed by atoms with Crippen LogP contribution in [0.3, 0.4) is 0 Å². The molecule has 0 aliphatic carbocycles. The van der Waals surface area contributed by atoms with Gasteiger partial charge in [-0.15, -0.1) is 0 Å². The maximum absolute atomic E-state index is 14.4. The fourth-order valence-electron chi connectivity index (χ4n) is 10.4. The zero-order valence-electron chi connectivity index (χ0n) is 53.7. The molecule has 7 amide bonds. The number of hydrogen-bond acceptors (Lipinski definition) is 17. The summed E-state index contributed by atoms with van der Waals surface area (Å²) in [6.07, 6.45) is 0.835. The fraction of sp³-hybridized carbons (Fsp3) is 0.591. The number of benzene rings is 2. The van der Waals surface area contributed by atoms with Crippen LogP contribution in [0.1, 0.15) is 150 Å². The van der Waals surface area contributed by atoms with Gasteiger partial charge in [0.15, 0.2) is 5.78 Å². The Bertz CT molecular complexity index is 2990. The third kappa shape index (κ3) is 30.6. The molecule has 3 aromatic rings. The fourth-order valence-corrected chi connectivity index (χ4v) is 12.6. The van der Waals surface area contributed by atoms with Crippen molar-refractivity contribution >= 4 is 101 Å². The van der Waals surface area contributed by atoms with Crippen LogP contribution in [-0.2, 0) is 64.0 Å². The van der Waals surface area contributed by atoms with E-state index in [2.05, 4.69) is 26.6 Å². The number of unbranched alkanes of at least 4 members (excludes halogenated alkanes) is 2. The molecule has 91 heavy (non-hydrogen) atoms. The first-order chi connectivity index (χ1) is 43.1. The van der Waals surface area contributed by atoms with Gasteiger partial charge < -0.3 is 34.0 Å². The Labute approximate surface area is 539 Å². The van der Waals surface area contributed by atoms with Gasteiger partial charge in [-0.1, -0.05) is 70.9 Å². The Kier molecular flexibility index (Phi) is 35.3. The Morgan fingerprint density at radius 3 is 1.69 bits per heavy atom. The van der Waals surface area contributed by atoms with E-state index in [0.29, 0.717) is 49.6 Å². The quantitative estimate of drug-likeness (QED) is 0.0220. The molecule has 0 saturated heterocycles. The van der Waals surface area contributed by atoms with Crippen molar-refractivity contribution in [3.05, 3.63) is 76.6 Å². The molecule has 24 nitrogen and oxygen atoms in total. The summed E-state index contributed by atoms with van der Waals surface area (Å²) in [6.45, 7) is 10.9. The van der Waals surface area contributed by atoms with Gasteiger partial charge in [-0.3, -0.25) is 28.8 Å². The molecule has 25 heteroatoms. The molecule has 0 spiro atoms. The van der Waals surface area contributed by atoms with Crippen molar-refractivity contribution in [3.63, 3.8) is 0 Å². The van der Waals surface area contributed by atoms with Crippen LogP contribution < -0.4 is 65.3 Å². The predicted octanol–water partition coefficient (Wildman–Crippen LogP) is 2.21. The molecule has 2 aromatic carbocycles. The zero-order valence-corrected chi connectivity index (χ0v) is 55.4. The van der Waals surface area contributed by atoms with Crippen LogP contribution >= 0.6 is 0 Å². The van der Waals surface area contributed by atoms with E-state index >= 15 is 0 Å². The second-order valence-corrected chi connectivity index (χ2v) is 27.1. The van der Waals surface area contributed by atoms with Crippen molar-refractivity contribution in [2.75, 3.05) is 26.2 Å². The average Bonchev–Trinajstić information content (AvgIpc) is 1.03. The Balaban J connectivity index is 1.77. The minimum Gasteiger partial charge on any atom is -0.370 e. The number of nitrogens with one attached hydrogen (secondary N) is 5. The minimum absolute atomic E-state index is 0.110. The van der Waals surface area contributed by atoms with E-state index in [9.17, 15) is 62.3 Å². The van der Waals surface area contributed by atoms with Gasteiger partial charge in [-0.25, -0.2) is 0 Å². The van der Waals surface area contributed by atoms with Gasteiger partial charge in [0, 0.05) is 24.7 Å². The Morgan fingerprint density at radius 2 is 1.09 bits per heavy atom. The molecule has 1 heterocycles. The summed E-state index contributed by atoms with van der Waals surface area (Å²) in [6, 6.07) is 12.8. The van der Waals surface area contributed by atoms with E-state index in [0.717, 1.165) is 10.0 Å². The molecular formula is C66H98N10O14Se. The van der Waals surface area contributed by atoms with E-state index in [-0.39, 0.29) is 100 Å². The molecule has 0 saturated carbocycles. The van der Waals surface area contributed by atoms with Crippen molar-refractivity contribution in [1.82, 2.24) is 26.6 Å². The number of carbonyl (C=O) groups is 12. The smallest absolute Gasteiger partial charge is 0.370 e. The number of fused-ring (bicyclic) bond motifs is 1. The first-order valence-electron chi connectivity index (χ1n) is 31.6. The standard InChI is InChI=1S/C66H98N10O14Se/c1-39(2)26-46(65(88)74-52(28-41(5)6)57(81)34-45(17-11-13-25-68)64(87)75-54(35-59(70)82)56(80)33-44(62(71)85)16-10-12-24-67)30-48(77)37-73-63(86)47(38-91-50-19-21-58-43(32-50)18-23-61(84)90-58)31-49(78)36-72-60(83)22-20-55(79)53(29-42-14-8-7-9-15-42)76-66(89)51(69)27-40(3)4/h7-9,14-15,18-19,21,23,32,39-41,44-47,51-54H,10-13,16-17,20,22,24-31,33-38,67-69H2,1-6H3,(H2,70,82)(H2,71,85)(H,72,83)(H,73,86)(H,74,88)(H,75,87)(H,76,89)/t44-,45-,46-,47+,51+,52+,53+,54+/m1/s1. The molecule has 0 bridgehead atoms. The average molecular weight is 1330 g/mol. The molecule has 0 aliphatic heterocycles. The molecule has 8 atom stereocenters. The predicted molar refractivity (Wildman–Crippen MR) is 346 cm³/mol. The van der Waals surface area contributed by atoms with Crippen LogP contribution in [0.5, 0.6) is 0 Å². The van der Waals surface area contributed by atoms with Crippen LogP contribution in [0.15, 0.2) is 69.9 Å². The van der Waals surface area contributed by atoms with Crippen LogP contribution in [-0.4, -0.2) is 136 Å². The third-order valence-corrected chi connectivity index (χ3v) is 17.7. The van der Waals surface area contributed by atoms with Crippen LogP contribution in [0.4, 0.5) is 0 Å². The number of rotatable bonds is 47. The topological polar surface area (TPSA) is 425 Å². The van der Waals surface area contributed by atoms with Crippen molar-refractivity contribution in [2.45, 2.75) is 180 Å². The summed E-state index contributed by atoms with van der Waals surface area (Å²) in [4.78, 5) is 174. The molecular weight excluding hydrogens is 1240 g/mol. The van der Waals surface area contributed by atoms with Crippen LogP contribution in [0.2, 0.25) is 5.32 Å². The first-order valence-corrected chi connectivity index (χ1v) is 33.7. The second kappa shape index (κ2) is 41.2. The van der Waals surface area contributed by atoms with Gasteiger partial charge in [0.1, 0.15) is 0 Å². The number of nitrogens with two attached hydrogens (primary N) is 5. The summed E-state index contributed by atoms with van der Waals surface area (Å²) in [5, 5.41) is 14.2. The van der Waals surface area contributed by atoms with Crippen LogP contribution in [0.25, 0.3) is 11.0 Å². The van der Waals surface area contributed by atoms with Gasteiger partial charge in [0.2, 0.25) is 23.6 Å². The molecule has 3 rings (SSSR count). The maximum atomic E-state index is 14.4. The van der Waals surface area contributed by atoms with Gasteiger partial charge in [0.05, 0.1) is 18.5 Å². The first kappa shape index (κ1) is 77.9. The number of carbonyl (C=O) groups excluding carboxylic acids is 12. The monoisotopic (exact) mass is 1330 g/mol. The van der Waals surface area contributed by atoms with E-state index < -0.39 is 158 Å². The van der Waals surface area contributed by atoms with Gasteiger partial charge in [0.25, 0.3) is 0 Å². The van der Waals surface area contributed by atoms with E-state index in [1.165, 1.54) is 6.07 Å². The van der Waals surface area contributed by atoms with Crippen molar-refractivity contribution < 1.29 is 62.0 Å². The van der Waals surface area contributed by atoms with Crippen molar-refractivity contribution in [3.8, 4) is 0 Å². The van der Waals surface area contributed by atoms with Crippen molar-refractivity contribution in [2.24, 2.45) is 70.1 Å². The molecule has 0 radical (unpaired) electrons. The normalized spacial score (nSPS) is 14.1. The molecule has 15 N–H and O–H groups in total. The van der Waals surface area contributed by atoms with E-state index in [1.807, 2.05) is 59.7 Å². The summed E-state index contributed by atoms with van der Waals surface area (Å²) in [7, 11) is 0. The van der Waals surface area contributed by atoms with Crippen LogP contribution in [0, 0.1) is 41.4 Å². The molecule has 0 aliphatic rings. The Hall–Kier alpha value is -7.31. The van der Waals surface area contributed by atoms with E-state index in [1.54, 1.807) is 36.4 Å².